The molecule has 0 aromatic heterocycles. The highest BCUT2D eigenvalue weighted by Crippen LogP contribution is 1.94. The Morgan fingerprint density at radius 3 is 2.50 bits per heavy atom. The van der Waals surface area contributed by atoms with Crippen molar-refractivity contribution in [1.29, 1.82) is 0 Å². The Morgan fingerprint density at radius 2 is 2.12 bits per heavy atom. The van der Waals surface area contributed by atoms with E-state index in [9.17, 15) is 0 Å². The summed E-state index contributed by atoms with van der Waals surface area (Å²) in [5, 5.41) is 3.07. The molecule has 0 saturated heterocycles. The summed E-state index contributed by atoms with van der Waals surface area (Å²) in [4.78, 5) is 0. The molecular formula is C4H10Cl2N2. The van der Waals surface area contributed by atoms with Gasteiger partial charge in [-0.15, -0.1) is 3.94 Å². The Balaban J connectivity index is 2.72. The zero-order chi connectivity index (χ0) is 6.41. The van der Waals surface area contributed by atoms with Gasteiger partial charge in [0.1, 0.15) is 0 Å². The number of likely N-dealkylation sites (N-methyl/N-ethyl adjacent to an activating group) is 1. The molecule has 0 bridgehead atoms. The summed E-state index contributed by atoms with van der Waals surface area (Å²) in [6.45, 7) is 4.49. The van der Waals surface area contributed by atoms with Gasteiger partial charge in [0.2, 0.25) is 0 Å². The molecule has 0 aliphatic heterocycles. The summed E-state index contributed by atoms with van der Waals surface area (Å²) in [5.41, 5.74) is 0. The molecule has 8 heavy (non-hydrogen) atoms. The first kappa shape index (κ1) is 8.50. The van der Waals surface area contributed by atoms with E-state index >= 15 is 0 Å². The predicted molar refractivity (Wildman–Crippen MR) is 37.0 cm³/mol. The lowest BCUT2D eigenvalue weighted by Gasteiger charge is -2.02. The van der Waals surface area contributed by atoms with Crippen LogP contribution < -0.4 is 5.32 Å². The maximum absolute atomic E-state index is 5.27. The molecule has 2 nitrogen and oxygen atoms in total. The number of hydrogen-bond acceptors (Lipinski definition) is 2. The van der Waals surface area contributed by atoms with Crippen LogP contribution in [0.25, 0.3) is 0 Å². The van der Waals surface area contributed by atoms with Crippen molar-refractivity contribution in [3.05, 3.63) is 0 Å². The van der Waals surface area contributed by atoms with Gasteiger partial charge in [0.05, 0.1) is 0 Å². The standard InChI is InChI=1S/C4H10Cl2N2/c1-2-7-3-4-8(5)6/h7H,2-4H2,1H3. The van der Waals surface area contributed by atoms with Gasteiger partial charge in [-0.25, -0.2) is 0 Å². The fraction of sp³-hybridized carbons (Fsp3) is 1.00. The van der Waals surface area contributed by atoms with Gasteiger partial charge in [0, 0.05) is 13.1 Å². The number of halogens is 2. The van der Waals surface area contributed by atoms with E-state index in [0.29, 0.717) is 6.54 Å². The molecule has 0 rings (SSSR count). The SMILES string of the molecule is CCNCCN(Cl)Cl. The zero-order valence-electron chi connectivity index (χ0n) is 4.82. The Bertz CT molecular complexity index is 49.3. The normalized spacial score (nSPS) is 10.5. The summed E-state index contributed by atoms with van der Waals surface area (Å²) >= 11 is 10.5. The summed E-state index contributed by atoms with van der Waals surface area (Å²) in [7, 11) is 0. The van der Waals surface area contributed by atoms with Crippen molar-refractivity contribution in [2.75, 3.05) is 19.6 Å². The fourth-order valence-electron chi connectivity index (χ4n) is 0.340. The summed E-state index contributed by atoms with van der Waals surface area (Å²) < 4.78 is 1.11. The van der Waals surface area contributed by atoms with Crippen LogP contribution in [0, 0.1) is 0 Å². The number of rotatable bonds is 4. The molecule has 0 amide bonds. The highest BCUT2D eigenvalue weighted by atomic mass is 35.5. The van der Waals surface area contributed by atoms with Crippen LogP contribution in [0.4, 0.5) is 0 Å². The van der Waals surface area contributed by atoms with Crippen LogP contribution in [-0.4, -0.2) is 23.6 Å². The monoisotopic (exact) mass is 156 g/mol. The van der Waals surface area contributed by atoms with Crippen LogP contribution in [0.5, 0.6) is 0 Å². The van der Waals surface area contributed by atoms with Crippen LogP contribution in [0.1, 0.15) is 6.92 Å². The Labute approximate surface area is 60.0 Å². The molecule has 0 aromatic rings. The molecule has 1 N–H and O–H groups in total. The van der Waals surface area contributed by atoms with Crippen molar-refractivity contribution in [3.8, 4) is 0 Å². The molecule has 0 unspecified atom stereocenters. The topological polar surface area (TPSA) is 15.3 Å². The quantitative estimate of drug-likeness (QED) is 0.487. The number of nitrogens with one attached hydrogen (secondary N) is 1. The molecule has 0 aliphatic rings. The second-order valence-electron chi connectivity index (χ2n) is 1.38. The average Bonchev–Trinajstić information content (AvgIpc) is 1.66. The second-order valence-corrected chi connectivity index (χ2v) is 2.37. The number of nitrogens with zero attached hydrogens (tertiary/aromatic N) is 1. The van der Waals surface area contributed by atoms with E-state index in [4.69, 9.17) is 23.6 Å². The van der Waals surface area contributed by atoms with Crippen molar-refractivity contribution < 1.29 is 0 Å². The molecular weight excluding hydrogens is 147 g/mol. The third-order valence-electron chi connectivity index (χ3n) is 0.708. The lowest BCUT2D eigenvalue weighted by molar-refractivity contribution is 0.619. The molecule has 0 aromatic carbocycles. The molecule has 0 saturated carbocycles. The zero-order valence-corrected chi connectivity index (χ0v) is 6.34. The first-order chi connectivity index (χ1) is 3.77. The first-order valence-corrected chi connectivity index (χ1v) is 3.24. The summed E-state index contributed by atoms with van der Waals surface area (Å²) in [6, 6.07) is 0. The van der Waals surface area contributed by atoms with E-state index in [1.54, 1.807) is 0 Å². The van der Waals surface area contributed by atoms with E-state index in [2.05, 4.69) is 5.32 Å². The molecule has 0 radical (unpaired) electrons. The third-order valence-corrected chi connectivity index (χ3v) is 1.05. The van der Waals surface area contributed by atoms with Gasteiger partial charge in [0.15, 0.2) is 0 Å². The molecule has 0 atom stereocenters. The maximum Gasteiger partial charge on any atom is 0.0429 e. The van der Waals surface area contributed by atoms with Crippen molar-refractivity contribution in [2.24, 2.45) is 0 Å². The maximum atomic E-state index is 5.27. The van der Waals surface area contributed by atoms with Crippen molar-refractivity contribution in [2.45, 2.75) is 6.92 Å². The third kappa shape index (κ3) is 6.50. The van der Waals surface area contributed by atoms with Gasteiger partial charge >= 0.3 is 0 Å². The minimum Gasteiger partial charge on any atom is -0.316 e. The predicted octanol–water partition coefficient (Wildman–Crippen LogP) is 1.21. The highest BCUT2D eigenvalue weighted by Gasteiger charge is 1.90. The van der Waals surface area contributed by atoms with Gasteiger partial charge in [-0.1, -0.05) is 6.92 Å². The van der Waals surface area contributed by atoms with Crippen LogP contribution in [-0.2, 0) is 0 Å². The van der Waals surface area contributed by atoms with Gasteiger partial charge < -0.3 is 5.32 Å². The summed E-state index contributed by atoms with van der Waals surface area (Å²) in [6.07, 6.45) is 0. The van der Waals surface area contributed by atoms with Crippen molar-refractivity contribution in [3.63, 3.8) is 0 Å². The summed E-state index contributed by atoms with van der Waals surface area (Å²) in [5.74, 6) is 0. The fourth-order valence-corrected chi connectivity index (χ4v) is 0.509. The van der Waals surface area contributed by atoms with Crippen LogP contribution in [0.3, 0.4) is 0 Å². The highest BCUT2D eigenvalue weighted by molar-refractivity contribution is 6.33. The Morgan fingerprint density at radius 1 is 1.50 bits per heavy atom. The Hall–Kier alpha value is 0.500. The molecule has 50 valence electrons. The molecule has 4 heteroatoms. The molecule has 0 spiro atoms. The van der Waals surface area contributed by atoms with Crippen molar-refractivity contribution in [1.82, 2.24) is 9.25 Å². The minimum absolute atomic E-state index is 0.664. The van der Waals surface area contributed by atoms with Crippen LogP contribution in [0.2, 0.25) is 0 Å². The van der Waals surface area contributed by atoms with Crippen LogP contribution >= 0.6 is 23.6 Å². The lowest BCUT2D eigenvalue weighted by Crippen LogP contribution is -2.21. The van der Waals surface area contributed by atoms with E-state index in [1.165, 1.54) is 0 Å². The van der Waals surface area contributed by atoms with Gasteiger partial charge in [-0.2, -0.15) is 0 Å². The van der Waals surface area contributed by atoms with E-state index in [0.717, 1.165) is 17.0 Å². The first-order valence-electron chi connectivity index (χ1n) is 2.57. The van der Waals surface area contributed by atoms with E-state index in [-0.39, 0.29) is 0 Å². The smallest absolute Gasteiger partial charge is 0.0429 e. The van der Waals surface area contributed by atoms with Gasteiger partial charge in [0.25, 0.3) is 0 Å². The lowest BCUT2D eigenvalue weighted by atomic mass is 10.6. The Kier molecular flexibility index (Phi) is 5.99. The average molecular weight is 157 g/mol. The molecule has 0 heterocycles. The van der Waals surface area contributed by atoms with Gasteiger partial charge in [-0.3, -0.25) is 0 Å². The van der Waals surface area contributed by atoms with Crippen molar-refractivity contribution >= 4 is 23.6 Å². The van der Waals surface area contributed by atoms with E-state index < -0.39 is 0 Å². The van der Waals surface area contributed by atoms with Gasteiger partial charge in [-0.05, 0) is 30.1 Å². The van der Waals surface area contributed by atoms with E-state index in [1.807, 2.05) is 6.92 Å². The minimum atomic E-state index is 0.664. The molecule has 0 aliphatic carbocycles. The second kappa shape index (κ2) is 5.63. The largest absolute Gasteiger partial charge is 0.316 e. The number of hydrogen-bond donors (Lipinski definition) is 1. The molecule has 0 fully saturated rings. The van der Waals surface area contributed by atoms with Crippen LogP contribution in [0.15, 0.2) is 0 Å².